The molecule has 0 aliphatic carbocycles. The first-order valence-electron chi connectivity index (χ1n) is 8.12. The van der Waals surface area contributed by atoms with Crippen LogP contribution in [0.1, 0.15) is 24.0 Å². The molecule has 0 aromatic heterocycles. The van der Waals surface area contributed by atoms with Crippen LogP contribution in [0.15, 0.2) is 30.3 Å². The van der Waals surface area contributed by atoms with Gasteiger partial charge in [0, 0.05) is 35.1 Å². The second-order valence-corrected chi connectivity index (χ2v) is 6.20. The summed E-state index contributed by atoms with van der Waals surface area (Å²) in [4.78, 5) is 0. The van der Waals surface area contributed by atoms with Crippen molar-refractivity contribution >= 4 is 0 Å². The van der Waals surface area contributed by atoms with Crippen molar-refractivity contribution in [2.45, 2.75) is 19.1 Å². The van der Waals surface area contributed by atoms with Crippen LogP contribution in [-0.4, -0.2) is 32.4 Å². The second kappa shape index (κ2) is 6.04. The van der Waals surface area contributed by atoms with E-state index < -0.39 is 6.29 Å². The highest BCUT2D eigenvalue weighted by Crippen LogP contribution is 2.50. The lowest BCUT2D eigenvalue weighted by molar-refractivity contribution is -0.0730. The Morgan fingerprint density at radius 1 is 0.960 bits per heavy atom. The van der Waals surface area contributed by atoms with Gasteiger partial charge in [0.15, 0.2) is 11.5 Å². The average molecular weight is 344 g/mol. The summed E-state index contributed by atoms with van der Waals surface area (Å²) in [6.07, 6.45) is -0.926. The molecule has 0 saturated heterocycles. The van der Waals surface area contributed by atoms with Crippen LogP contribution < -0.4 is 23.7 Å². The molecule has 0 radical (unpaired) electrons. The molecule has 3 atom stereocenters. The van der Waals surface area contributed by atoms with Gasteiger partial charge in [-0.15, -0.1) is 0 Å². The summed E-state index contributed by atoms with van der Waals surface area (Å²) in [5, 5.41) is 10.4. The SMILES string of the molecule is COc1ccc([C@H]2c3cc4c(cc3O[C@H](O)[C@H]2C)OCO4)c(OC)c1. The van der Waals surface area contributed by atoms with E-state index in [2.05, 4.69) is 0 Å². The summed E-state index contributed by atoms with van der Waals surface area (Å²) in [5.74, 6) is 3.03. The smallest absolute Gasteiger partial charge is 0.231 e. The molecule has 6 nitrogen and oxygen atoms in total. The van der Waals surface area contributed by atoms with Crippen LogP contribution in [0.25, 0.3) is 0 Å². The Balaban J connectivity index is 1.87. The predicted octanol–water partition coefficient (Wildman–Crippen LogP) is 2.91. The third-order valence-corrected chi connectivity index (χ3v) is 4.84. The fourth-order valence-corrected chi connectivity index (χ4v) is 3.50. The first-order chi connectivity index (χ1) is 12.1. The lowest BCUT2D eigenvalue weighted by Gasteiger charge is -2.36. The molecule has 0 fully saturated rings. The fraction of sp³-hybridized carbons (Fsp3) is 0.368. The van der Waals surface area contributed by atoms with Gasteiger partial charge in [-0.2, -0.15) is 0 Å². The summed E-state index contributed by atoms with van der Waals surface area (Å²) < 4.78 is 27.5. The van der Waals surface area contributed by atoms with Crippen molar-refractivity contribution in [1.29, 1.82) is 0 Å². The lowest BCUT2D eigenvalue weighted by Crippen LogP contribution is -2.34. The average Bonchev–Trinajstić information content (AvgIpc) is 3.08. The van der Waals surface area contributed by atoms with Crippen LogP contribution in [0.5, 0.6) is 28.7 Å². The zero-order chi connectivity index (χ0) is 17.6. The third kappa shape index (κ3) is 2.53. The van der Waals surface area contributed by atoms with E-state index in [1.54, 1.807) is 20.3 Å². The standard InChI is InChI=1S/C19H20O6/c1-10-18(12-5-4-11(21-2)6-14(12)22-3)13-7-16-17(24-9-23-16)8-15(13)25-19(10)20/h4-8,10,18-20H,9H2,1-3H3/t10-,18-,19-/m0/s1. The summed E-state index contributed by atoms with van der Waals surface area (Å²) in [5.41, 5.74) is 1.89. The number of rotatable bonds is 3. The quantitative estimate of drug-likeness (QED) is 0.923. The minimum Gasteiger partial charge on any atom is -0.497 e. The number of fused-ring (bicyclic) bond motifs is 2. The van der Waals surface area contributed by atoms with Crippen molar-refractivity contribution in [3.05, 3.63) is 41.5 Å². The van der Waals surface area contributed by atoms with Crippen LogP contribution in [0.4, 0.5) is 0 Å². The number of hydrogen-bond acceptors (Lipinski definition) is 6. The van der Waals surface area contributed by atoms with E-state index in [9.17, 15) is 5.11 Å². The van der Waals surface area contributed by atoms with Gasteiger partial charge < -0.3 is 28.8 Å². The van der Waals surface area contributed by atoms with Gasteiger partial charge in [0.25, 0.3) is 0 Å². The second-order valence-electron chi connectivity index (χ2n) is 6.20. The zero-order valence-corrected chi connectivity index (χ0v) is 14.3. The Morgan fingerprint density at radius 3 is 2.44 bits per heavy atom. The first kappa shape index (κ1) is 15.9. The van der Waals surface area contributed by atoms with Crippen molar-refractivity contribution in [3.63, 3.8) is 0 Å². The molecular formula is C19H20O6. The minimum absolute atomic E-state index is 0.117. The molecule has 2 aliphatic rings. The number of benzene rings is 2. The Hall–Kier alpha value is -2.60. The molecule has 25 heavy (non-hydrogen) atoms. The molecule has 2 aromatic carbocycles. The topological polar surface area (TPSA) is 66.4 Å². The lowest BCUT2D eigenvalue weighted by atomic mass is 9.78. The summed E-state index contributed by atoms with van der Waals surface area (Å²) in [7, 11) is 3.24. The van der Waals surface area contributed by atoms with E-state index >= 15 is 0 Å². The molecule has 0 spiro atoms. The van der Waals surface area contributed by atoms with E-state index in [1.165, 1.54) is 0 Å². The van der Waals surface area contributed by atoms with Gasteiger partial charge in [-0.25, -0.2) is 0 Å². The molecule has 2 aromatic rings. The van der Waals surface area contributed by atoms with E-state index in [-0.39, 0.29) is 18.6 Å². The van der Waals surface area contributed by atoms with E-state index in [1.807, 2.05) is 31.2 Å². The molecule has 4 rings (SSSR count). The molecule has 0 bridgehead atoms. The van der Waals surface area contributed by atoms with Crippen molar-refractivity contribution in [3.8, 4) is 28.7 Å². The zero-order valence-electron chi connectivity index (χ0n) is 14.3. The number of ether oxygens (including phenoxy) is 5. The van der Waals surface area contributed by atoms with Crippen LogP contribution in [-0.2, 0) is 0 Å². The number of hydrogen-bond donors (Lipinski definition) is 1. The van der Waals surface area contributed by atoms with Gasteiger partial charge in [-0.1, -0.05) is 13.0 Å². The number of aliphatic hydroxyl groups excluding tert-OH is 1. The van der Waals surface area contributed by atoms with Gasteiger partial charge >= 0.3 is 0 Å². The summed E-state index contributed by atoms with van der Waals surface area (Å²) in [6.45, 7) is 2.14. The Labute approximate surface area is 145 Å². The fourth-order valence-electron chi connectivity index (χ4n) is 3.50. The summed E-state index contributed by atoms with van der Waals surface area (Å²) >= 11 is 0. The molecule has 2 aliphatic heterocycles. The van der Waals surface area contributed by atoms with Gasteiger partial charge in [0.1, 0.15) is 17.2 Å². The Morgan fingerprint density at radius 2 is 1.72 bits per heavy atom. The van der Waals surface area contributed by atoms with Crippen molar-refractivity contribution in [1.82, 2.24) is 0 Å². The van der Waals surface area contributed by atoms with E-state index in [0.717, 1.165) is 11.1 Å². The van der Waals surface area contributed by atoms with Gasteiger partial charge in [-0.05, 0) is 12.1 Å². The highest BCUT2D eigenvalue weighted by molar-refractivity contribution is 5.58. The molecule has 2 heterocycles. The predicted molar refractivity (Wildman–Crippen MR) is 89.8 cm³/mol. The molecule has 0 saturated carbocycles. The highest BCUT2D eigenvalue weighted by atomic mass is 16.7. The van der Waals surface area contributed by atoms with Crippen LogP contribution in [0.3, 0.4) is 0 Å². The maximum Gasteiger partial charge on any atom is 0.231 e. The van der Waals surface area contributed by atoms with Gasteiger partial charge in [0.2, 0.25) is 13.1 Å². The number of aliphatic hydroxyl groups is 1. The Kier molecular flexibility index (Phi) is 3.84. The molecular weight excluding hydrogens is 324 g/mol. The monoisotopic (exact) mass is 344 g/mol. The molecule has 132 valence electrons. The van der Waals surface area contributed by atoms with Crippen molar-refractivity contribution in [2.75, 3.05) is 21.0 Å². The molecule has 0 unspecified atom stereocenters. The largest absolute Gasteiger partial charge is 0.497 e. The van der Waals surface area contributed by atoms with Crippen molar-refractivity contribution < 1.29 is 28.8 Å². The Bertz CT molecular complexity index is 803. The van der Waals surface area contributed by atoms with E-state index in [0.29, 0.717) is 28.7 Å². The first-order valence-corrected chi connectivity index (χ1v) is 8.12. The van der Waals surface area contributed by atoms with E-state index in [4.69, 9.17) is 23.7 Å². The highest BCUT2D eigenvalue weighted by Gasteiger charge is 2.38. The van der Waals surface area contributed by atoms with Gasteiger partial charge in [0.05, 0.1) is 14.2 Å². The number of methoxy groups -OCH3 is 2. The minimum atomic E-state index is -0.926. The van der Waals surface area contributed by atoms with Crippen LogP contribution in [0.2, 0.25) is 0 Å². The third-order valence-electron chi connectivity index (χ3n) is 4.84. The molecule has 6 heteroatoms. The van der Waals surface area contributed by atoms with Crippen molar-refractivity contribution in [2.24, 2.45) is 5.92 Å². The normalized spacial score (nSPS) is 23.6. The maximum atomic E-state index is 10.4. The molecule has 0 amide bonds. The van der Waals surface area contributed by atoms with Crippen LogP contribution in [0, 0.1) is 5.92 Å². The van der Waals surface area contributed by atoms with Crippen LogP contribution >= 0.6 is 0 Å². The molecule has 1 N–H and O–H groups in total. The summed E-state index contributed by atoms with van der Waals surface area (Å²) in [6, 6.07) is 9.39. The van der Waals surface area contributed by atoms with Gasteiger partial charge in [-0.3, -0.25) is 0 Å². The maximum absolute atomic E-state index is 10.4.